The zero-order valence-electron chi connectivity index (χ0n) is 15.2. The van der Waals surface area contributed by atoms with E-state index in [1.807, 2.05) is 19.9 Å². The van der Waals surface area contributed by atoms with Crippen LogP contribution in [0.15, 0.2) is 29.1 Å². The molecule has 1 fully saturated rings. The van der Waals surface area contributed by atoms with Gasteiger partial charge in [-0.3, -0.25) is 0 Å². The minimum atomic E-state index is 0.199. The maximum atomic E-state index is 6.24. The molecule has 0 amide bonds. The van der Waals surface area contributed by atoms with Crippen molar-refractivity contribution in [2.75, 3.05) is 23.3 Å². The average Bonchev–Trinajstić information content (AvgIpc) is 2.99. The van der Waals surface area contributed by atoms with Crippen LogP contribution < -0.4 is 10.2 Å². The highest BCUT2D eigenvalue weighted by atomic mass is 35.5. The van der Waals surface area contributed by atoms with Crippen molar-refractivity contribution < 1.29 is 4.42 Å². The smallest absolute Gasteiger partial charge is 0.229 e. The van der Waals surface area contributed by atoms with E-state index in [0.29, 0.717) is 27.3 Å². The Kier molecular flexibility index (Phi) is 4.03. The van der Waals surface area contributed by atoms with Gasteiger partial charge in [0.25, 0.3) is 0 Å². The number of halogens is 2. The third-order valence-corrected chi connectivity index (χ3v) is 5.41. The predicted molar refractivity (Wildman–Crippen MR) is 110 cm³/mol. The fourth-order valence-electron chi connectivity index (χ4n) is 3.62. The normalized spacial score (nSPS) is 14.6. The summed E-state index contributed by atoms with van der Waals surface area (Å²) in [5.41, 5.74) is 4.87. The van der Waals surface area contributed by atoms with Crippen molar-refractivity contribution in [2.45, 2.75) is 19.9 Å². The molecule has 7 nitrogen and oxygen atoms in total. The summed E-state index contributed by atoms with van der Waals surface area (Å²) in [5, 5.41) is 5.38. The number of fused-ring (bicyclic) bond motifs is 3. The molecule has 1 N–H and O–H groups in total. The number of nitrogens with one attached hydrogen (secondary N) is 1. The molecule has 4 aromatic rings. The number of nitrogens with zero attached hydrogens (tertiary/aromatic N) is 5. The van der Waals surface area contributed by atoms with Crippen molar-refractivity contribution in [2.24, 2.45) is 0 Å². The fourth-order valence-corrected chi connectivity index (χ4v) is 3.99. The van der Waals surface area contributed by atoms with E-state index in [9.17, 15) is 0 Å². The van der Waals surface area contributed by atoms with E-state index in [4.69, 9.17) is 27.6 Å². The van der Waals surface area contributed by atoms with Crippen LogP contribution in [0.1, 0.15) is 11.3 Å². The van der Waals surface area contributed by atoms with Gasteiger partial charge in [0, 0.05) is 31.0 Å². The standard InChI is InChI=1S/C19H16Cl2N6O/c1-9-3-10(2)25-19-15(9)16-17(28-19)18(24-8-23-16)26-11-6-27(7-11)13-4-14(21)22-5-12(13)20/h3-5,8,11H,6-7H2,1-2H3,(H,23,24,26). The molecule has 5 rings (SSSR count). The van der Waals surface area contributed by atoms with Crippen LogP contribution in [0.2, 0.25) is 10.2 Å². The summed E-state index contributed by atoms with van der Waals surface area (Å²) in [6.07, 6.45) is 3.12. The number of hydrogen-bond acceptors (Lipinski definition) is 7. The Labute approximate surface area is 170 Å². The molecule has 0 spiro atoms. The van der Waals surface area contributed by atoms with Gasteiger partial charge < -0.3 is 14.6 Å². The molecule has 1 saturated heterocycles. The topological polar surface area (TPSA) is 80.0 Å². The molecule has 1 aliphatic rings. The molecule has 9 heteroatoms. The van der Waals surface area contributed by atoms with Crippen molar-refractivity contribution in [3.05, 3.63) is 46.1 Å². The van der Waals surface area contributed by atoms with E-state index < -0.39 is 0 Å². The van der Waals surface area contributed by atoms with Crippen LogP contribution in [0.3, 0.4) is 0 Å². The molecule has 28 heavy (non-hydrogen) atoms. The second kappa shape index (κ2) is 6.46. The number of anilines is 2. The largest absolute Gasteiger partial charge is 0.432 e. The van der Waals surface area contributed by atoms with Crippen LogP contribution in [-0.2, 0) is 0 Å². The number of rotatable bonds is 3. The van der Waals surface area contributed by atoms with Crippen LogP contribution in [0.25, 0.3) is 22.2 Å². The van der Waals surface area contributed by atoms with Gasteiger partial charge in [-0.05, 0) is 25.5 Å². The molecule has 5 heterocycles. The maximum absolute atomic E-state index is 6.24. The van der Waals surface area contributed by atoms with E-state index >= 15 is 0 Å². The highest BCUT2D eigenvalue weighted by molar-refractivity contribution is 6.34. The van der Waals surface area contributed by atoms with Crippen molar-refractivity contribution >= 4 is 56.9 Å². The van der Waals surface area contributed by atoms with Crippen LogP contribution >= 0.6 is 23.2 Å². The molecule has 0 atom stereocenters. The molecule has 0 bridgehead atoms. The van der Waals surface area contributed by atoms with Gasteiger partial charge in [0.15, 0.2) is 11.4 Å². The van der Waals surface area contributed by atoms with Crippen LogP contribution in [-0.4, -0.2) is 39.1 Å². The summed E-state index contributed by atoms with van der Waals surface area (Å²) in [6.45, 7) is 5.52. The van der Waals surface area contributed by atoms with Crippen LogP contribution in [0.5, 0.6) is 0 Å². The van der Waals surface area contributed by atoms with Crippen molar-refractivity contribution in [3.63, 3.8) is 0 Å². The molecule has 1 aliphatic heterocycles. The van der Waals surface area contributed by atoms with Crippen molar-refractivity contribution in [1.82, 2.24) is 19.9 Å². The Hall–Kier alpha value is -2.64. The lowest BCUT2D eigenvalue weighted by atomic mass is 10.1. The summed E-state index contributed by atoms with van der Waals surface area (Å²) < 4.78 is 6.00. The monoisotopic (exact) mass is 414 g/mol. The zero-order valence-corrected chi connectivity index (χ0v) is 16.7. The molecular weight excluding hydrogens is 399 g/mol. The highest BCUT2D eigenvalue weighted by Gasteiger charge is 2.30. The first-order chi connectivity index (χ1) is 13.5. The maximum Gasteiger partial charge on any atom is 0.229 e. The van der Waals surface area contributed by atoms with Gasteiger partial charge in [0.2, 0.25) is 5.71 Å². The van der Waals surface area contributed by atoms with Crippen LogP contribution in [0, 0.1) is 13.8 Å². The molecule has 142 valence electrons. The summed E-state index contributed by atoms with van der Waals surface area (Å²) in [4.78, 5) is 19.4. The zero-order chi connectivity index (χ0) is 19.4. The molecule has 0 aromatic carbocycles. The molecule has 4 aromatic heterocycles. The second-order valence-electron chi connectivity index (χ2n) is 6.97. The average molecular weight is 415 g/mol. The summed E-state index contributed by atoms with van der Waals surface area (Å²) in [7, 11) is 0. The van der Waals surface area contributed by atoms with E-state index in [1.54, 1.807) is 18.6 Å². The van der Waals surface area contributed by atoms with Crippen molar-refractivity contribution in [1.29, 1.82) is 0 Å². The molecule has 0 aliphatic carbocycles. The Morgan fingerprint density at radius 1 is 1.14 bits per heavy atom. The summed E-state index contributed by atoms with van der Waals surface area (Å²) >= 11 is 12.2. The first-order valence-corrected chi connectivity index (χ1v) is 9.59. The van der Waals surface area contributed by atoms with Crippen molar-refractivity contribution in [3.8, 4) is 0 Å². The fraction of sp³-hybridized carbons (Fsp3) is 0.263. The van der Waals surface area contributed by atoms with E-state index in [2.05, 4.69) is 30.2 Å². The van der Waals surface area contributed by atoms with Gasteiger partial charge in [-0.25, -0.2) is 19.9 Å². The lowest BCUT2D eigenvalue weighted by Gasteiger charge is -2.41. The first-order valence-electron chi connectivity index (χ1n) is 8.83. The number of hydrogen-bond donors (Lipinski definition) is 1. The van der Waals surface area contributed by atoms with E-state index in [1.165, 1.54) is 0 Å². The Bertz CT molecular complexity index is 1220. The third-order valence-electron chi connectivity index (χ3n) is 4.92. The third kappa shape index (κ3) is 2.82. The van der Waals surface area contributed by atoms with Gasteiger partial charge in [0.05, 0.1) is 22.1 Å². The Morgan fingerprint density at radius 2 is 1.96 bits per heavy atom. The lowest BCUT2D eigenvalue weighted by molar-refractivity contribution is 0.547. The first kappa shape index (κ1) is 17.5. The van der Waals surface area contributed by atoms with Crippen LogP contribution in [0.4, 0.5) is 11.5 Å². The molecule has 0 radical (unpaired) electrons. The van der Waals surface area contributed by atoms with E-state index in [-0.39, 0.29) is 6.04 Å². The highest BCUT2D eigenvalue weighted by Crippen LogP contribution is 2.34. The van der Waals surface area contributed by atoms with Gasteiger partial charge >= 0.3 is 0 Å². The Morgan fingerprint density at radius 3 is 2.79 bits per heavy atom. The second-order valence-corrected chi connectivity index (χ2v) is 7.76. The molecule has 0 saturated carbocycles. The minimum Gasteiger partial charge on any atom is -0.432 e. The van der Waals surface area contributed by atoms with Gasteiger partial charge in [-0.2, -0.15) is 0 Å². The van der Waals surface area contributed by atoms with Gasteiger partial charge in [-0.15, -0.1) is 0 Å². The van der Waals surface area contributed by atoms with E-state index in [0.717, 1.165) is 40.9 Å². The minimum absolute atomic E-state index is 0.199. The number of pyridine rings is 2. The number of furan rings is 1. The number of aryl methyl sites for hydroxylation is 2. The summed E-state index contributed by atoms with van der Waals surface area (Å²) in [6, 6.07) is 4.00. The van der Waals surface area contributed by atoms with Gasteiger partial charge in [-0.1, -0.05) is 23.2 Å². The van der Waals surface area contributed by atoms with Gasteiger partial charge in [0.1, 0.15) is 17.0 Å². The summed E-state index contributed by atoms with van der Waals surface area (Å²) in [5.74, 6) is 0.670. The predicted octanol–water partition coefficient (Wildman–Crippen LogP) is 4.39. The lowest BCUT2D eigenvalue weighted by Crippen LogP contribution is -2.55. The molecular formula is C19H16Cl2N6O. The quantitative estimate of drug-likeness (QED) is 0.497. The number of aromatic nitrogens is 4. The SMILES string of the molecule is Cc1cc(C)c2c(n1)oc1c(NC3CN(c4cc(Cl)ncc4Cl)C3)ncnc12. The molecule has 0 unspecified atom stereocenters. The Balaban J connectivity index is 1.42.